The van der Waals surface area contributed by atoms with Gasteiger partial charge in [0.1, 0.15) is 22.9 Å². The summed E-state index contributed by atoms with van der Waals surface area (Å²) in [6.45, 7) is 0. The molecule has 3 rings (SSSR count). The minimum absolute atomic E-state index is 0.0201. The molecular formula is C15H11N3O2. The maximum Gasteiger partial charge on any atom is 0.146 e. The van der Waals surface area contributed by atoms with Crippen LogP contribution >= 0.6 is 0 Å². The molecule has 5 heteroatoms. The lowest BCUT2D eigenvalue weighted by Crippen LogP contribution is -1.77. The van der Waals surface area contributed by atoms with Gasteiger partial charge in [0.05, 0.1) is 5.52 Å². The predicted octanol–water partition coefficient (Wildman–Crippen LogP) is 4.06. The van der Waals surface area contributed by atoms with Gasteiger partial charge in [0.2, 0.25) is 0 Å². The highest BCUT2D eigenvalue weighted by molar-refractivity contribution is 5.88. The number of para-hydroxylation sites is 1. The van der Waals surface area contributed by atoms with Crippen LogP contribution in [0.3, 0.4) is 0 Å². The van der Waals surface area contributed by atoms with Gasteiger partial charge in [-0.05, 0) is 24.3 Å². The number of fused-ring (bicyclic) bond motifs is 1. The first kappa shape index (κ1) is 12.1. The molecule has 0 bridgehead atoms. The van der Waals surface area contributed by atoms with Gasteiger partial charge in [-0.15, -0.1) is 10.2 Å². The largest absolute Gasteiger partial charge is 0.508 e. The molecule has 2 N–H and O–H groups in total. The SMILES string of the molecule is Oc1ccc(N=Nc2cccc3cccnc23)c(O)c1. The van der Waals surface area contributed by atoms with E-state index in [9.17, 15) is 10.2 Å². The van der Waals surface area contributed by atoms with Crippen molar-refractivity contribution >= 4 is 22.3 Å². The van der Waals surface area contributed by atoms with Crippen LogP contribution in [0.25, 0.3) is 10.9 Å². The highest BCUT2D eigenvalue weighted by Crippen LogP contribution is 2.32. The summed E-state index contributed by atoms with van der Waals surface area (Å²) < 4.78 is 0. The van der Waals surface area contributed by atoms with Gasteiger partial charge in [-0.3, -0.25) is 4.98 Å². The molecule has 0 amide bonds. The highest BCUT2D eigenvalue weighted by atomic mass is 16.3. The number of azo groups is 1. The van der Waals surface area contributed by atoms with Crippen LogP contribution in [0.4, 0.5) is 11.4 Å². The molecule has 0 aliphatic heterocycles. The van der Waals surface area contributed by atoms with E-state index in [0.29, 0.717) is 5.69 Å². The van der Waals surface area contributed by atoms with E-state index in [0.717, 1.165) is 10.9 Å². The average molecular weight is 265 g/mol. The van der Waals surface area contributed by atoms with Crippen LogP contribution in [0.1, 0.15) is 0 Å². The maximum atomic E-state index is 9.65. The Morgan fingerprint density at radius 1 is 0.850 bits per heavy atom. The quantitative estimate of drug-likeness (QED) is 0.686. The smallest absolute Gasteiger partial charge is 0.146 e. The average Bonchev–Trinajstić information content (AvgIpc) is 2.46. The minimum Gasteiger partial charge on any atom is -0.508 e. The minimum atomic E-state index is -0.123. The third kappa shape index (κ3) is 2.29. The standard InChI is InChI=1S/C15H11N3O2/c19-11-6-7-12(14(20)9-11)17-18-13-5-1-3-10-4-2-8-16-15(10)13/h1-9,19-20H. The molecule has 0 atom stereocenters. The van der Waals surface area contributed by atoms with E-state index in [2.05, 4.69) is 15.2 Å². The zero-order valence-electron chi connectivity index (χ0n) is 10.4. The summed E-state index contributed by atoms with van der Waals surface area (Å²) >= 11 is 0. The molecule has 20 heavy (non-hydrogen) atoms. The fourth-order valence-corrected chi connectivity index (χ4v) is 1.87. The summed E-state index contributed by atoms with van der Waals surface area (Å²) in [5, 5.41) is 28.0. The molecule has 5 nitrogen and oxygen atoms in total. The lowest BCUT2D eigenvalue weighted by molar-refractivity contribution is 0.451. The maximum absolute atomic E-state index is 9.65. The molecule has 2 aromatic carbocycles. The van der Waals surface area contributed by atoms with Crippen LogP contribution in [-0.4, -0.2) is 15.2 Å². The van der Waals surface area contributed by atoms with Crippen molar-refractivity contribution in [2.45, 2.75) is 0 Å². The first-order valence-electron chi connectivity index (χ1n) is 6.01. The molecule has 0 fully saturated rings. The normalized spacial score (nSPS) is 11.2. The van der Waals surface area contributed by atoms with Crippen LogP contribution < -0.4 is 0 Å². The van der Waals surface area contributed by atoms with Crippen molar-refractivity contribution in [3.8, 4) is 11.5 Å². The molecule has 98 valence electrons. The molecular weight excluding hydrogens is 254 g/mol. The van der Waals surface area contributed by atoms with Crippen molar-refractivity contribution in [2.75, 3.05) is 0 Å². The van der Waals surface area contributed by atoms with Crippen LogP contribution in [-0.2, 0) is 0 Å². The lowest BCUT2D eigenvalue weighted by Gasteiger charge is -2.00. The second kappa shape index (κ2) is 4.97. The number of phenols is 2. The van der Waals surface area contributed by atoms with E-state index in [1.54, 1.807) is 12.3 Å². The number of aromatic hydroxyl groups is 2. The monoisotopic (exact) mass is 265 g/mol. The number of aromatic nitrogens is 1. The Bertz CT molecular complexity index is 795. The van der Waals surface area contributed by atoms with Crippen molar-refractivity contribution in [3.63, 3.8) is 0 Å². The zero-order valence-corrected chi connectivity index (χ0v) is 10.4. The van der Waals surface area contributed by atoms with Crippen molar-refractivity contribution < 1.29 is 10.2 Å². The van der Waals surface area contributed by atoms with Crippen LogP contribution in [0.2, 0.25) is 0 Å². The number of hydrogen-bond donors (Lipinski definition) is 2. The van der Waals surface area contributed by atoms with Gasteiger partial charge in [0.25, 0.3) is 0 Å². The van der Waals surface area contributed by atoms with E-state index in [1.807, 2.05) is 24.3 Å². The number of pyridine rings is 1. The Labute approximate surface area is 114 Å². The van der Waals surface area contributed by atoms with E-state index < -0.39 is 0 Å². The fourth-order valence-electron chi connectivity index (χ4n) is 1.87. The van der Waals surface area contributed by atoms with Gasteiger partial charge in [-0.25, -0.2) is 0 Å². The van der Waals surface area contributed by atoms with Crippen LogP contribution in [0.5, 0.6) is 11.5 Å². The van der Waals surface area contributed by atoms with Crippen LogP contribution in [0.15, 0.2) is 65.0 Å². The summed E-state index contributed by atoms with van der Waals surface area (Å²) in [5.41, 5.74) is 1.66. The summed E-state index contributed by atoms with van der Waals surface area (Å²) in [6, 6.07) is 13.6. The number of phenolic OH excluding ortho intramolecular Hbond substituents is 2. The van der Waals surface area contributed by atoms with Gasteiger partial charge < -0.3 is 10.2 Å². The van der Waals surface area contributed by atoms with E-state index in [-0.39, 0.29) is 17.2 Å². The summed E-state index contributed by atoms with van der Waals surface area (Å²) in [7, 11) is 0. The lowest BCUT2D eigenvalue weighted by atomic mass is 10.2. The summed E-state index contributed by atoms with van der Waals surface area (Å²) in [5.74, 6) is -0.143. The molecule has 1 heterocycles. The van der Waals surface area contributed by atoms with Crippen molar-refractivity contribution in [1.29, 1.82) is 0 Å². The first-order chi connectivity index (χ1) is 9.74. The van der Waals surface area contributed by atoms with Crippen molar-refractivity contribution in [3.05, 3.63) is 54.7 Å². The Balaban J connectivity index is 2.02. The molecule has 0 aliphatic rings. The van der Waals surface area contributed by atoms with E-state index >= 15 is 0 Å². The summed E-state index contributed by atoms with van der Waals surface area (Å²) in [4.78, 5) is 4.27. The predicted molar refractivity (Wildman–Crippen MR) is 75.7 cm³/mol. The molecule has 1 aromatic heterocycles. The Hall–Kier alpha value is -2.95. The Kier molecular flexibility index (Phi) is 3.01. The van der Waals surface area contributed by atoms with Crippen molar-refractivity contribution in [2.24, 2.45) is 10.2 Å². The molecule has 0 spiro atoms. The van der Waals surface area contributed by atoms with Crippen molar-refractivity contribution in [1.82, 2.24) is 4.98 Å². The number of nitrogens with zero attached hydrogens (tertiary/aromatic N) is 3. The number of benzene rings is 2. The zero-order chi connectivity index (χ0) is 13.9. The third-order valence-electron chi connectivity index (χ3n) is 2.84. The van der Waals surface area contributed by atoms with E-state index in [4.69, 9.17) is 0 Å². The summed E-state index contributed by atoms with van der Waals surface area (Å²) in [6.07, 6.45) is 1.69. The fraction of sp³-hybridized carbons (Fsp3) is 0. The van der Waals surface area contributed by atoms with Gasteiger partial charge >= 0.3 is 0 Å². The Morgan fingerprint density at radius 3 is 2.50 bits per heavy atom. The highest BCUT2D eigenvalue weighted by Gasteiger charge is 2.03. The Morgan fingerprint density at radius 2 is 1.65 bits per heavy atom. The second-order valence-corrected chi connectivity index (χ2v) is 4.23. The topological polar surface area (TPSA) is 78.1 Å². The molecule has 0 saturated heterocycles. The molecule has 3 aromatic rings. The van der Waals surface area contributed by atoms with Crippen LogP contribution in [0, 0.1) is 0 Å². The first-order valence-corrected chi connectivity index (χ1v) is 6.01. The molecule has 0 saturated carbocycles. The second-order valence-electron chi connectivity index (χ2n) is 4.23. The number of hydrogen-bond acceptors (Lipinski definition) is 5. The van der Waals surface area contributed by atoms with Gasteiger partial charge in [-0.2, -0.15) is 0 Å². The molecule has 0 unspecified atom stereocenters. The van der Waals surface area contributed by atoms with Gasteiger partial charge in [-0.1, -0.05) is 18.2 Å². The van der Waals surface area contributed by atoms with Gasteiger partial charge in [0, 0.05) is 17.6 Å². The van der Waals surface area contributed by atoms with Gasteiger partial charge in [0.15, 0.2) is 0 Å². The number of rotatable bonds is 2. The van der Waals surface area contributed by atoms with E-state index in [1.165, 1.54) is 18.2 Å². The molecule has 0 aliphatic carbocycles. The molecule has 0 radical (unpaired) electrons. The third-order valence-corrected chi connectivity index (χ3v) is 2.84.